The Kier molecular flexibility index (Phi) is 2.60. The molecule has 0 bridgehead atoms. The van der Waals surface area contributed by atoms with Crippen LogP contribution in [0.15, 0.2) is 0 Å². The van der Waals surface area contributed by atoms with E-state index >= 15 is 0 Å². The van der Waals surface area contributed by atoms with E-state index in [-0.39, 0.29) is 0 Å². The van der Waals surface area contributed by atoms with Crippen LogP contribution in [0, 0.1) is 0 Å². The number of halogens is 4. The maximum absolute atomic E-state index is 11.3. The van der Waals surface area contributed by atoms with Crippen LogP contribution in [-0.2, 0) is 14.6 Å². The van der Waals surface area contributed by atoms with Crippen molar-refractivity contribution in [3.8, 4) is 0 Å². The highest BCUT2D eigenvalue weighted by Crippen LogP contribution is 2.23. The monoisotopic (exact) mass is 194 g/mol. The van der Waals surface area contributed by atoms with Gasteiger partial charge in [-0.3, -0.25) is 4.79 Å². The first-order valence-electron chi connectivity index (χ1n) is 2.14. The van der Waals surface area contributed by atoms with E-state index in [4.69, 9.17) is 0 Å². The van der Waals surface area contributed by atoms with Crippen LogP contribution < -0.4 is 0 Å². The molecule has 0 aromatic heterocycles. The summed E-state index contributed by atoms with van der Waals surface area (Å²) in [5, 5.41) is 0. The molecule has 0 rings (SSSR count). The highest BCUT2D eigenvalue weighted by molar-refractivity contribution is 7.92. The molecule has 0 aliphatic rings. The number of carbonyl (C=O) groups excluding carboxylic acids is 1. The SMILES string of the molecule is O=C(F)CS(=O)(=O)C(F)(F)F. The number of carbonyl (C=O) groups is 1. The van der Waals surface area contributed by atoms with Gasteiger partial charge in [0.25, 0.3) is 9.84 Å². The molecule has 0 aromatic carbocycles. The predicted octanol–water partition coefficient (Wildman–Crippen LogP) is 0.417. The van der Waals surface area contributed by atoms with E-state index in [1.807, 2.05) is 0 Å². The fraction of sp³-hybridized carbons (Fsp3) is 0.667. The first-order valence-corrected chi connectivity index (χ1v) is 3.79. The van der Waals surface area contributed by atoms with Crippen LogP contribution >= 0.6 is 0 Å². The summed E-state index contributed by atoms with van der Waals surface area (Å²) in [5.74, 6) is -2.14. The van der Waals surface area contributed by atoms with Crippen molar-refractivity contribution in [3.63, 3.8) is 0 Å². The summed E-state index contributed by atoms with van der Waals surface area (Å²) in [7, 11) is -5.62. The second-order valence-corrected chi connectivity index (χ2v) is 3.54. The van der Waals surface area contributed by atoms with Gasteiger partial charge in [0.1, 0.15) is 5.75 Å². The van der Waals surface area contributed by atoms with Gasteiger partial charge in [0, 0.05) is 0 Å². The van der Waals surface area contributed by atoms with Gasteiger partial charge < -0.3 is 0 Å². The van der Waals surface area contributed by atoms with E-state index in [0.717, 1.165) is 0 Å². The van der Waals surface area contributed by atoms with Gasteiger partial charge in [0.15, 0.2) is 0 Å². The average Bonchev–Trinajstić information content (AvgIpc) is 1.56. The lowest BCUT2D eigenvalue weighted by molar-refractivity contribution is -0.126. The molecule has 0 heterocycles. The van der Waals surface area contributed by atoms with E-state index in [1.54, 1.807) is 0 Å². The molecule has 66 valence electrons. The second kappa shape index (κ2) is 2.76. The zero-order chi connectivity index (χ0) is 9.28. The first kappa shape index (κ1) is 10.3. The zero-order valence-electron chi connectivity index (χ0n) is 4.85. The van der Waals surface area contributed by atoms with Gasteiger partial charge in [0.2, 0.25) is 0 Å². The number of rotatable bonds is 2. The van der Waals surface area contributed by atoms with E-state index in [1.165, 1.54) is 0 Å². The third kappa shape index (κ3) is 2.83. The molecule has 0 atom stereocenters. The Hall–Kier alpha value is -0.660. The molecule has 0 unspecified atom stereocenters. The van der Waals surface area contributed by atoms with Crippen molar-refractivity contribution in [1.29, 1.82) is 0 Å². The highest BCUT2D eigenvalue weighted by atomic mass is 32.2. The van der Waals surface area contributed by atoms with Gasteiger partial charge in [-0.1, -0.05) is 0 Å². The number of alkyl halides is 3. The van der Waals surface area contributed by atoms with Crippen molar-refractivity contribution in [3.05, 3.63) is 0 Å². The van der Waals surface area contributed by atoms with Gasteiger partial charge in [-0.05, 0) is 0 Å². The lowest BCUT2D eigenvalue weighted by Crippen LogP contribution is -2.28. The molecule has 11 heavy (non-hydrogen) atoms. The van der Waals surface area contributed by atoms with Gasteiger partial charge in [-0.15, -0.1) is 0 Å². The summed E-state index contributed by atoms with van der Waals surface area (Å²) < 4.78 is 64.8. The van der Waals surface area contributed by atoms with Crippen molar-refractivity contribution < 1.29 is 30.8 Å². The summed E-state index contributed by atoms with van der Waals surface area (Å²) >= 11 is 0. The molecule has 0 aliphatic heterocycles. The summed E-state index contributed by atoms with van der Waals surface area (Å²) in [5.41, 5.74) is -5.56. The molecule has 0 aliphatic carbocycles. The fourth-order valence-electron chi connectivity index (χ4n) is 0.231. The molecular weight excluding hydrogens is 192 g/mol. The van der Waals surface area contributed by atoms with E-state index in [9.17, 15) is 30.8 Å². The summed E-state index contributed by atoms with van der Waals surface area (Å²) in [6, 6.07) is -2.53. The molecule has 0 N–H and O–H groups in total. The summed E-state index contributed by atoms with van der Waals surface area (Å²) in [4.78, 5) is 9.36. The van der Waals surface area contributed by atoms with Crippen molar-refractivity contribution in [2.75, 3.05) is 5.75 Å². The van der Waals surface area contributed by atoms with Crippen LogP contribution in [0.5, 0.6) is 0 Å². The molecule has 0 fully saturated rings. The molecule has 0 aromatic rings. The number of sulfone groups is 1. The Morgan fingerprint density at radius 2 is 1.64 bits per heavy atom. The van der Waals surface area contributed by atoms with E-state index in [2.05, 4.69) is 0 Å². The van der Waals surface area contributed by atoms with Crippen molar-refractivity contribution in [2.24, 2.45) is 0 Å². The fourth-order valence-corrected chi connectivity index (χ4v) is 0.694. The minimum atomic E-state index is -5.62. The molecule has 0 amide bonds. The molecule has 0 radical (unpaired) electrons. The Morgan fingerprint density at radius 3 is 1.73 bits per heavy atom. The molecule has 0 saturated carbocycles. The first-order chi connectivity index (χ1) is 4.67. The van der Waals surface area contributed by atoms with Crippen LogP contribution in [0.25, 0.3) is 0 Å². The third-order valence-corrected chi connectivity index (χ3v) is 1.97. The standard InChI is InChI=1S/C3H2F4O3S/c4-2(8)1-11(9,10)3(5,6)7/h1H2. The van der Waals surface area contributed by atoms with Crippen molar-refractivity contribution in [1.82, 2.24) is 0 Å². The Balaban J connectivity index is 4.64. The summed E-state index contributed by atoms with van der Waals surface area (Å²) in [6.45, 7) is 0. The smallest absolute Gasteiger partial charge is 0.260 e. The highest BCUT2D eigenvalue weighted by Gasteiger charge is 2.46. The Morgan fingerprint density at radius 1 is 1.27 bits per heavy atom. The average molecular weight is 194 g/mol. The minimum Gasteiger partial charge on any atom is -0.260 e. The maximum Gasteiger partial charge on any atom is 0.497 e. The molecule has 3 nitrogen and oxygen atoms in total. The van der Waals surface area contributed by atoms with E-state index < -0.39 is 27.1 Å². The van der Waals surface area contributed by atoms with Gasteiger partial charge in [-0.2, -0.15) is 17.6 Å². The third-order valence-electron chi connectivity index (χ3n) is 0.656. The topological polar surface area (TPSA) is 51.2 Å². The summed E-state index contributed by atoms with van der Waals surface area (Å²) in [6.07, 6.45) is 0. The normalized spacial score (nSPS) is 13.1. The number of hydrogen-bond acceptors (Lipinski definition) is 3. The lowest BCUT2D eigenvalue weighted by atomic mass is 10.9. The lowest BCUT2D eigenvalue weighted by Gasteiger charge is -2.03. The van der Waals surface area contributed by atoms with Crippen LogP contribution in [0.1, 0.15) is 0 Å². The van der Waals surface area contributed by atoms with Crippen LogP contribution in [-0.4, -0.2) is 25.7 Å². The molecule has 0 spiro atoms. The minimum absolute atomic E-state index is 2.14. The van der Waals surface area contributed by atoms with E-state index in [0.29, 0.717) is 0 Å². The maximum atomic E-state index is 11.3. The molecule has 0 saturated heterocycles. The Bertz CT molecular complexity index is 250. The van der Waals surface area contributed by atoms with Gasteiger partial charge in [-0.25, -0.2) is 8.42 Å². The van der Waals surface area contributed by atoms with Crippen molar-refractivity contribution >= 4 is 15.9 Å². The second-order valence-electron chi connectivity index (χ2n) is 1.56. The van der Waals surface area contributed by atoms with Gasteiger partial charge >= 0.3 is 11.5 Å². The van der Waals surface area contributed by atoms with Crippen LogP contribution in [0.2, 0.25) is 0 Å². The molecule has 8 heteroatoms. The van der Waals surface area contributed by atoms with Crippen molar-refractivity contribution in [2.45, 2.75) is 5.51 Å². The Labute approximate surface area is 58.9 Å². The largest absolute Gasteiger partial charge is 0.497 e. The van der Waals surface area contributed by atoms with Crippen LogP contribution in [0.4, 0.5) is 17.6 Å². The van der Waals surface area contributed by atoms with Crippen LogP contribution in [0.3, 0.4) is 0 Å². The van der Waals surface area contributed by atoms with Gasteiger partial charge in [0.05, 0.1) is 0 Å². The number of hydrogen-bond donors (Lipinski definition) is 0. The zero-order valence-corrected chi connectivity index (χ0v) is 5.67. The quantitative estimate of drug-likeness (QED) is 0.472. The predicted molar refractivity (Wildman–Crippen MR) is 26.0 cm³/mol. The molecular formula is C3H2F4O3S.